The molecule has 1 atom stereocenters. The van der Waals surface area contributed by atoms with Crippen molar-refractivity contribution in [2.45, 2.75) is 0 Å². The minimum absolute atomic E-state index is 0.358. The molecule has 0 radical (unpaired) electrons. The minimum Gasteiger partial charge on any atom is -0.455 e. The first-order valence-electron chi connectivity index (χ1n) is 13.8. The molecule has 1 N–H and O–H groups in total. The van der Waals surface area contributed by atoms with E-state index in [0.717, 1.165) is 17.4 Å². The molecular weight excluding hydrogens is 561 g/mol. The van der Waals surface area contributed by atoms with Crippen LogP contribution in [0.15, 0.2) is 108 Å². The highest BCUT2D eigenvalue weighted by Gasteiger charge is 2.23. The maximum absolute atomic E-state index is 13.6. The number of carbonyl (C=O) groups excluding carboxylic acids is 1. The number of hydrogen-bond acceptors (Lipinski definition) is 5. The SMILES string of the molecule is C=C/C=C\C=C/CN(C)CCN(c1cc2oc(-c3ccc(F)cc3)c(C=O)c2cc1-c1ccccc1)S(=C)(C)=O.CNC. The van der Waals surface area contributed by atoms with Crippen molar-refractivity contribution in [1.82, 2.24) is 10.2 Å². The summed E-state index contributed by atoms with van der Waals surface area (Å²) in [6.07, 6.45) is 11.9. The van der Waals surface area contributed by atoms with Crippen molar-refractivity contribution in [1.29, 1.82) is 0 Å². The fourth-order valence-corrected chi connectivity index (χ4v) is 5.51. The van der Waals surface area contributed by atoms with Crippen LogP contribution in [0, 0.1) is 5.82 Å². The quantitative estimate of drug-likeness (QED) is 0.109. The summed E-state index contributed by atoms with van der Waals surface area (Å²) in [6.45, 7) is 5.45. The van der Waals surface area contributed by atoms with Crippen molar-refractivity contribution in [3.8, 4) is 22.5 Å². The molecule has 1 aromatic heterocycles. The smallest absolute Gasteiger partial charge is 0.154 e. The van der Waals surface area contributed by atoms with E-state index in [4.69, 9.17) is 4.42 Å². The second-order valence-corrected chi connectivity index (χ2v) is 12.4. The average Bonchev–Trinajstić information content (AvgIpc) is 3.34. The maximum atomic E-state index is 13.6. The van der Waals surface area contributed by atoms with Gasteiger partial charge in [0.15, 0.2) is 6.29 Å². The number of benzene rings is 3. The normalized spacial score (nSPS) is 12.8. The average molecular weight is 602 g/mol. The summed E-state index contributed by atoms with van der Waals surface area (Å²) < 4.78 is 35.2. The molecule has 4 rings (SSSR count). The number of anilines is 1. The van der Waals surface area contributed by atoms with E-state index >= 15 is 0 Å². The van der Waals surface area contributed by atoms with Gasteiger partial charge in [0, 0.05) is 58.2 Å². The van der Waals surface area contributed by atoms with Crippen molar-refractivity contribution in [3.05, 3.63) is 115 Å². The third-order valence-electron chi connectivity index (χ3n) is 6.48. The van der Waals surface area contributed by atoms with Crippen molar-refractivity contribution in [3.63, 3.8) is 0 Å². The number of fused-ring (bicyclic) bond motifs is 1. The number of nitrogens with zero attached hydrogens (tertiary/aromatic N) is 2. The van der Waals surface area contributed by atoms with Gasteiger partial charge in [-0.05, 0) is 62.9 Å². The lowest BCUT2D eigenvalue weighted by atomic mass is 9.99. The largest absolute Gasteiger partial charge is 0.455 e. The van der Waals surface area contributed by atoms with Crippen LogP contribution >= 0.6 is 0 Å². The van der Waals surface area contributed by atoms with Gasteiger partial charge in [-0.25, -0.2) is 8.60 Å². The molecule has 0 amide bonds. The summed E-state index contributed by atoms with van der Waals surface area (Å²) in [7, 11) is 3.05. The van der Waals surface area contributed by atoms with E-state index in [1.54, 1.807) is 24.5 Å². The molecule has 43 heavy (non-hydrogen) atoms. The van der Waals surface area contributed by atoms with Gasteiger partial charge in [0.2, 0.25) is 0 Å². The van der Waals surface area contributed by atoms with E-state index in [0.29, 0.717) is 53.2 Å². The second kappa shape index (κ2) is 15.8. The molecule has 1 unspecified atom stereocenters. The Balaban J connectivity index is 0.00000162. The lowest BCUT2D eigenvalue weighted by Crippen LogP contribution is -2.37. The molecule has 0 aliphatic heterocycles. The molecular formula is C35H40FN3O3S. The van der Waals surface area contributed by atoms with Crippen LogP contribution in [0.4, 0.5) is 10.1 Å². The van der Waals surface area contributed by atoms with Crippen molar-refractivity contribution >= 4 is 38.5 Å². The highest BCUT2D eigenvalue weighted by atomic mass is 32.2. The molecule has 3 aromatic carbocycles. The van der Waals surface area contributed by atoms with Crippen LogP contribution in [-0.2, 0) is 9.71 Å². The third kappa shape index (κ3) is 8.88. The Labute approximate surface area is 255 Å². The number of nitrogens with one attached hydrogen (secondary N) is 1. The van der Waals surface area contributed by atoms with Crippen LogP contribution in [0.25, 0.3) is 33.4 Å². The zero-order valence-electron chi connectivity index (χ0n) is 25.3. The molecule has 4 aromatic rings. The third-order valence-corrected chi connectivity index (χ3v) is 7.80. The second-order valence-electron chi connectivity index (χ2n) is 10.1. The highest BCUT2D eigenvalue weighted by molar-refractivity contribution is 8.00. The molecule has 8 heteroatoms. The number of allylic oxidation sites excluding steroid dienone is 4. The Morgan fingerprint density at radius 3 is 2.26 bits per heavy atom. The monoisotopic (exact) mass is 601 g/mol. The molecule has 0 aliphatic carbocycles. The van der Waals surface area contributed by atoms with Crippen LogP contribution in [0.5, 0.6) is 0 Å². The molecule has 0 aliphatic rings. The van der Waals surface area contributed by atoms with Crippen molar-refractivity contribution < 1.29 is 17.8 Å². The van der Waals surface area contributed by atoms with Crippen molar-refractivity contribution in [2.75, 3.05) is 51.3 Å². The number of aldehydes is 1. The molecule has 0 spiro atoms. The summed E-state index contributed by atoms with van der Waals surface area (Å²) in [4.78, 5) is 14.4. The molecule has 0 bridgehead atoms. The summed E-state index contributed by atoms with van der Waals surface area (Å²) >= 11 is 0. The fraction of sp³-hybridized carbons (Fsp3) is 0.200. The topological polar surface area (TPSA) is 65.8 Å². The lowest BCUT2D eigenvalue weighted by Gasteiger charge is -2.30. The minimum atomic E-state index is -2.70. The fourth-order valence-electron chi connectivity index (χ4n) is 4.48. The van der Waals surface area contributed by atoms with Gasteiger partial charge in [0.1, 0.15) is 17.2 Å². The number of carbonyl (C=O) groups is 1. The molecule has 0 saturated heterocycles. The number of hydrogen-bond donors (Lipinski definition) is 1. The Morgan fingerprint density at radius 1 is 0.977 bits per heavy atom. The highest BCUT2D eigenvalue weighted by Crippen LogP contribution is 2.41. The predicted octanol–water partition coefficient (Wildman–Crippen LogP) is 6.85. The number of furan rings is 1. The van der Waals surface area contributed by atoms with Gasteiger partial charge >= 0.3 is 0 Å². The van der Waals surface area contributed by atoms with Gasteiger partial charge in [-0.1, -0.05) is 67.3 Å². The van der Waals surface area contributed by atoms with Crippen LogP contribution in [0.2, 0.25) is 0 Å². The zero-order valence-corrected chi connectivity index (χ0v) is 26.1. The van der Waals surface area contributed by atoms with Crippen LogP contribution in [0.1, 0.15) is 10.4 Å². The molecule has 0 fully saturated rings. The first-order chi connectivity index (χ1) is 20.6. The van der Waals surface area contributed by atoms with Gasteiger partial charge in [-0.3, -0.25) is 9.10 Å². The summed E-state index contributed by atoms with van der Waals surface area (Å²) in [5.74, 6) is 3.99. The van der Waals surface area contributed by atoms with Gasteiger partial charge in [0.25, 0.3) is 0 Å². The standard InChI is InChI=1S/C33H33FN2O3S.C2H7N/c1-5-6-7-8-12-19-35(2)20-21-36(40(3,4)38)31-23-32-29(22-28(31)25-13-10-9-11-14-25)30(24-37)33(39-32)26-15-17-27(34)18-16-26;1-3-2/h5-18,22-24H,1,3,19-21H2,2,4H3;3H,1-2H3/b7-6-,12-8-;. The Hall–Kier alpha value is -4.24. The predicted molar refractivity (Wildman–Crippen MR) is 182 cm³/mol. The lowest BCUT2D eigenvalue weighted by molar-refractivity contribution is 0.112. The van der Waals surface area contributed by atoms with E-state index in [1.165, 1.54) is 12.1 Å². The van der Waals surface area contributed by atoms with E-state index in [2.05, 4.69) is 22.7 Å². The molecule has 0 saturated carbocycles. The van der Waals surface area contributed by atoms with Gasteiger partial charge in [-0.15, -0.1) is 0 Å². The van der Waals surface area contributed by atoms with Gasteiger partial charge in [-0.2, -0.15) is 0 Å². The van der Waals surface area contributed by atoms with Gasteiger partial charge in [0.05, 0.1) is 11.3 Å². The summed E-state index contributed by atoms with van der Waals surface area (Å²) in [5, 5.41) is 3.37. The zero-order chi connectivity index (χ0) is 31.4. The number of rotatable bonds is 12. The molecule has 1 heterocycles. The first kappa shape index (κ1) is 33.3. The van der Waals surface area contributed by atoms with Gasteiger partial charge < -0.3 is 14.6 Å². The van der Waals surface area contributed by atoms with E-state index < -0.39 is 9.71 Å². The van der Waals surface area contributed by atoms with Crippen LogP contribution < -0.4 is 9.62 Å². The Morgan fingerprint density at radius 2 is 1.65 bits per heavy atom. The molecule has 226 valence electrons. The van der Waals surface area contributed by atoms with Crippen LogP contribution in [0.3, 0.4) is 0 Å². The Bertz CT molecular complexity index is 1680. The first-order valence-corrected chi connectivity index (χ1v) is 15.9. The number of likely N-dealkylation sites (N-methyl/N-ethyl adjacent to an activating group) is 1. The molecule has 6 nitrogen and oxygen atoms in total. The van der Waals surface area contributed by atoms with E-state index in [9.17, 15) is 13.4 Å². The van der Waals surface area contributed by atoms with E-state index in [-0.39, 0.29) is 5.82 Å². The number of halogens is 1. The van der Waals surface area contributed by atoms with Crippen molar-refractivity contribution in [2.24, 2.45) is 0 Å². The summed E-state index contributed by atoms with van der Waals surface area (Å²) in [5.41, 5.74) is 3.83. The summed E-state index contributed by atoms with van der Waals surface area (Å²) in [6, 6.07) is 19.3. The van der Waals surface area contributed by atoms with E-state index in [1.807, 2.05) is 92.2 Å². The van der Waals surface area contributed by atoms with Crippen LogP contribution in [-0.4, -0.2) is 68.3 Å². The maximum Gasteiger partial charge on any atom is 0.154 e. The Kier molecular flexibility index (Phi) is 12.3.